The summed E-state index contributed by atoms with van der Waals surface area (Å²) in [6, 6.07) is 11.8. The third-order valence-electron chi connectivity index (χ3n) is 4.70. The second kappa shape index (κ2) is 15.8. The van der Waals surface area contributed by atoms with Gasteiger partial charge < -0.3 is 15.4 Å². The molecule has 36 heavy (non-hydrogen) atoms. The number of halogens is 2. The largest absolute Gasteiger partial charge is 0.457 e. The van der Waals surface area contributed by atoms with Gasteiger partial charge >= 0.3 is 0 Å². The third kappa shape index (κ3) is 9.33. The summed E-state index contributed by atoms with van der Waals surface area (Å²) in [5, 5.41) is 5.90. The Balaban J connectivity index is 0.00000154. The molecule has 2 N–H and O–H groups in total. The van der Waals surface area contributed by atoms with Crippen molar-refractivity contribution in [2.75, 3.05) is 5.32 Å². The highest BCUT2D eigenvalue weighted by molar-refractivity contribution is 5.96. The summed E-state index contributed by atoms with van der Waals surface area (Å²) >= 11 is 0. The van der Waals surface area contributed by atoms with Gasteiger partial charge in [0.05, 0.1) is 0 Å². The van der Waals surface area contributed by atoms with E-state index in [1.54, 1.807) is 43.5 Å². The number of nitrogens with one attached hydrogen (secondary N) is 2. The zero-order valence-corrected chi connectivity index (χ0v) is 21.6. The number of rotatable bonds is 8. The predicted molar refractivity (Wildman–Crippen MR) is 143 cm³/mol. The van der Waals surface area contributed by atoms with E-state index >= 15 is 0 Å². The lowest BCUT2D eigenvalue weighted by atomic mass is 10.1. The highest BCUT2D eigenvalue weighted by Gasteiger charge is 2.14. The Hall–Kier alpha value is -4.00. The van der Waals surface area contributed by atoms with Crippen molar-refractivity contribution in [1.82, 2.24) is 10.3 Å². The molecule has 3 rings (SSSR count). The average Bonchev–Trinajstić information content (AvgIpc) is 2.86. The zero-order chi connectivity index (χ0) is 27.1. The van der Waals surface area contributed by atoms with E-state index < -0.39 is 11.6 Å². The van der Waals surface area contributed by atoms with Gasteiger partial charge in [-0.15, -0.1) is 13.2 Å². The number of hydrogen-bond donors (Lipinski definition) is 2. The van der Waals surface area contributed by atoms with Gasteiger partial charge in [-0.3, -0.25) is 4.79 Å². The van der Waals surface area contributed by atoms with Crippen LogP contribution in [0.5, 0.6) is 11.5 Å². The Kier molecular flexibility index (Phi) is 13.2. The van der Waals surface area contributed by atoms with Crippen molar-refractivity contribution in [3.63, 3.8) is 0 Å². The van der Waals surface area contributed by atoms with Crippen LogP contribution in [-0.2, 0) is 6.54 Å². The number of ether oxygens (including phenoxy) is 1. The fourth-order valence-electron chi connectivity index (χ4n) is 3.19. The van der Waals surface area contributed by atoms with Gasteiger partial charge in [-0.1, -0.05) is 32.9 Å². The molecule has 192 valence electrons. The van der Waals surface area contributed by atoms with Crippen LogP contribution in [0.2, 0.25) is 0 Å². The lowest BCUT2D eigenvalue weighted by molar-refractivity contribution is 0.0949. The standard InChI is InChI=1S/C25H25F2N3O2.C2H6.C2H4/c1-4-6-16(2)30-24-14-21(9-10-28-24)32-23-8-5-7-22(17(23)3)25(31)29-15-18-11-19(26)13-20(27)12-18;2*1-2/h5-14H,4,15H2,1-3H3,(H,28,30)(H,29,31);1-2H3;1-2H2/b16-6+;;. The number of nitrogens with zero attached hydrogens (tertiary/aromatic N) is 1. The lowest BCUT2D eigenvalue weighted by Crippen LogP contribution is -2.23. The van der Waals surface area contributed by atoms with E-state index in [4.69, 9.17) is 4.74 Å². The average molecular weight is 496 g/mol. The summed E-state index contributed by atoms with van der Waals surface area (Å²) < 4.78 is 32.7. The Morgan fingerprint density at radius 3 is 2.39 bits per heavy atom. The summed E-state index contributed by atoms with van der Waals surface area (Å²) in [5.74, 6) is 0.00329. The number of hydrogen-bond acceptors (Lipinski definition) is 4. The van der Waals surface area contributed by atoms with Crippen molar-refractivity contribution in [2.24, 2.45) is 0 Å². The summed E-state index contributed by atoms with van der Waals surface area (Å²) in [7, 11) is 0. The van der Waals surface area contributed by atoms with Crippen LogP contribution in [0.4, 0.5) is 14.6 Å². The Labute approximate surface area is 212 Å². The fraction of sp³-hybridized carbons (Fsp3) is 0.241. The molecule has 0 fully saturated rings. The summed E-state index contributed by atoms with van der Waals surface area (Å²) in [6.07, 6.45) is 4.61. The molecule has 0 aliphatic heterocycles. The van der Waals surface area contributed by atoms with E-state index in [0.29, 0.717) is 34.0 Å². The molecule has 0 spiro atoms. The molecule has 0 bridgehead atoms. The molecule has 2 aromatic carbocycles. The summed E-state index contributed by atoms with van der Waals surface area (Å²) in [4.78, 5) is 17.0. The number of carbonyl (C=O) groups excluding carboxylic acids is 1. The van der Waals surface area contributed by atoms with Crippen LogP contribution in [0.15, 0.2) is 79.7 Å². The predicted octanol–water partition coefficient (Wildman–Crippen LogP) is 7.94. The van der Waals surface area contributed by atoms with Gasteiger partial charge in [0.15, 0.2) is 0 Å². The van der Waals surface area contributed by atoms with Gasteiger partial charge in [0.1, 0.15) is 29.0 Å². The van der Waals surface area contributed by atoms with E-state index in [9.17, 15) is 13.6 Å². The van der Waals surface area contributed by atoms with Crippen LogP contribution < -0.4 is 15.4 Å². The highest BCUT2D eigenvalue weighted by Crippen LogP contribution is 2.28. The number of amides is 1. The van der Waals surface area contributed by atoms with Crippen LogP contribution in [0.1, 0.15) is 55.6 Å². The molecule has 0 unspecified atom stereocenters. The van der Waals surface area contributed by atoms with Crippen molar-refractivity contribution in [2.45, 2.75) is 47.6 Å². The van der Waals surface area contributed by atoms with E-state index in [1.807, 2.05) is 20.8 Å². The van der Waals surface area contributed by atoms with Crippen molar-refractivity contribution in [3.05, 3.63) is 108 Å². The molecule has 0 aliphatic rings. The maximum Gasteiger partial charge on any atom is 0.251 e. The maximum atomic E-state index is 13.4. The topological polar surface area (TPSA) is 63.2 Å². The van der Waals surface area contributed by atoms with Crippen LogP contribution >= 0.6 is 0 Å². The monoisotopic (exact) mass is 495 g/mol. The molecule has 1 amide bonds. The molecule has 1 aromatic heterocycles. The van der Waals surface area contributed by atoms with Crippen molar-refractivity contribution >= 4 is 11.7 Å². The molecule has 0 saturated carbocycles. The Morgan fingerprint density at radius 2 is 1.75 bits per heavy atom. The zero-order valence-electron chi connectivity index (χ0n) is 21.6. The van der Waals surface area contributed by atoms with Gasteiger partial charge in [0.2, 0.25) is 0 Å². The number of aromatic nitrogens is 1. The van der Waals surface area contributed by atoms with Gasteiger partial charge in [-0.05, 0) is 56.2 Å². The van der Waals surface area contributed by atoms with Crippen LogP contribution in [0, 0.1) is 18.6 Å². The lowest BCUT2D eigenvalue weighted by Gasteiger charge is -2.14. The molecule has 7 heteroatoms. The van der Waals surface area contributed by atoms with Crippen LogP contribution in [0.25, 0.3) is 0 Å². The van der Waals surface area contributed by atoms with Crippen molar-refractivity contribution in [1.29, 1.82) is 0 Å². The van der Waals surface area contributed by atoms with Crippen LogP contribution in [0.3, 0.4) is 0 Å². The maximum absolute atomic E-state index is 13.4. The minimum Gasteiger partial charge on any atom is -0.457 e. The first-order valence-corrected chi connectivity index (χ1v) is 11.8. The van der Waals surface area contributed by atoms with Crippen LogP contribution in [-0.4, -0.2) is 10.9 Å². The van der Waals surface area contributed by atoms with Gasteiger partial charge in [-0.25, -0.2) is 13.8 Å². The fourth-order valence-corrected chi connectivity index (χ4v) is 3.19. The number of allylic oxidation sites excluding steroid dienone is 2. The van der Waals surface area contributed by atoms with Gasteiger partial charge in [0.25, 0.3) is 5.91 Å². The molecule has 0 atom stereocenters. The van der Waals surface area contributed by atoms with E-state index in [0.717, 1.165) is 18.2 Å². The first-order chi connectivity index (χ1) is 17.4. The van der Waals surface area contributed by atoms with Gasteiger partial charge in [-0.2, -0.15) is 0 Å². The molecule has 0 aliphatic carbocycles. The molecule has 5 nitrogen and oxygen atoms in total. The summed E-state index contributed by atoms with van der Waals surface area (Å²) in [5.41, 5.74) is 2.38. The number of pyridine rings is 1. The minimum atomic E-state index is -0.688. The number of anilines is 1. The normalized spacial score (nSPS) is 10.2. The smallest absolute Gasteiger partial charge is 0.251 e. The second-order valence-electron chi connectivity index (χ2n) is 7.29. The highest BCUT2D eigenvalue weighted by atomic mass is 19.1. The molecule has 0 saturated heterocycles. The minimum absolute atomic E-state index is 0.00203. The number of carbonyl (C=O) groups is 1. The molecule has 1 heterocycles. The molecule has 0 radical (unpaired) electrons. The van der Waals surface area contributed by atoms with Crippen molar-refractivity contribution in [3.8, 4) is 11.5 Å². The number of benzene rings is 2. The van der Waals surface area contributed by atoms with Gasteiger partial charge in [0, 0.05) is 41.7 Å². The summed E-state index contributed by atoms with van der Waals surface area (Å²) in [6.45, 7) is 15.8. The molecule has 3 aromatic rings. The molecular weight excluding hydrogens is 460 g/mol. The Morgan fingerprint density at radius 1 is 1.08 bits per heavy atom. The van der Waals surface area contributed by atoms with E-state index in [-0.39, 0.29) is 12.5 Å². The molecular formula is C29H35F2N3O2. The van der Waals surface area contributed by atoms with Crippen molar-refractivity contribution < 1.29 is 18.3 Å². The quantitative estimate of drug-likeness (QED) is 0.311. The second-order valence-corrected chi connectivity index (χ2v) is 7.29. The first kappa shape index (κ1) is 30.0. The van der Waals surface area contributed by atoms with E-state index in [2.05, 4.69) is 41.8 Å². The Bertz CT molecular complexity index is 1140. The van der Waals surface area contributed by atoms with E-state index in [1.165, 1.54) is 12.1 Å². The third-order valence-corrected chi connectivity index (χ3v) is 4.70. The first-order valence-electron chi connectivity index (χ1n) is 11.8. The SMILES string of the molecule is C=C.CC.CC/C=C(\C)Nc1cc(Oc2cccc(C(=O)NCc3cc(F)cc(F)c3)c2C)ccn1.